The van der Waals surface area contributed by atoms with Crippen molar-refractivity contribution in [2.45, 2.75) is 26.8 Å². The average molecular weight is 212 g/mol. The summed E-state index contributed by atoms with van der Waals surface area (Å²) in [6.07, 6.45) is 0. The number of hydrogen-bond acceptors (Lipinski definition) is 1. The maximum Gasteiger partial charge on any atom is 0.0453 e. The van der Waals surface area contributed by atoms with Crippen molar-refractivity contribution in [1.82, 2.24) is 4.90 Å². The van der Waals surface area contributed by atoms with Gasteiger partial charge in [-0.2, -0.15) is 0 Å². The molecule has 1 rings (SSSR count). The Balaban J connectivity index is 2.88. The van der Waals surface area contributed by atoms with Gasteiger partial charge in [0.2, 0.25) is 0 Å². The van der Waals surface area contributed by atoms with E-state index in [0.717, 1.165) is 18.1 Å². The van der Waals surface area contributed by atoms with Crippen LogP contribution in [0.25, 0.3) is 0 Å². The minimum atomic E-state index is 0.402. The van der Waals surface area contributed by atoms with E-state index in [9.17, 15) is 0 Å². The van der Waals surface area contributed by atoms with E-state index in [1.54, 1.807) is 0 Å². The molecule has 1 aromatic carbocycles. The SMILES string of the molecule is CCN(CC)C(C)c1ccccc1Cl. The van der Waals surface area contributed by atoms with Gasteiger partial charge in [0.25, 0.3) is 0 Å². The Kier molecular flexibility index (Phi) is 4.43. The fourth-order valence-corrected chi connectivity index (χ4v) is 2.08. The van der Waals surface area contributed by atoms with Gasteiger partial charge in [0.15, 0.2) is 0 Å². The molecular weight excluding hydrogens is 194 g/mol. The van der Waals surface area contributed by atoms with Gasteiger partial charge in [-0.1, -0.05) is 43.6 Å². The minimum Gasteiger partial charge on any atom is -0.297 e. The molecule has 0 amide bonds. The first-order chi connectivity index (χ1) is 6.70. The predicted octanol–water partition coefficient (Wildman–Crippen LogP) is 3.74. The van der Waals surface area contributed by atoms with E-state index >= 15 is 0 Å². The molecule has 0 N–H and O–H groups in total. The quantitative estimate of drug-likeness (QED) is 0.734. The van der Waals surface area contributed by atoms with E-state index in [0.29, 0.717) is 6.04 Å². The first kappa shape index (κ1) is 11.5. The molecule has 1 atom stereocenters. The molecule has 0 saturated heterocycles. The highest BCUT2D eigenvalue weighted by molar-refractivity contribution is 6.31. The second-order valence-corrected chi connectivity index (χ2v) is 3.83. The number of rotatable bonds is 4. The number of nitrogens with zero attached hydrogens (tertiary/aromatic N) is 1. The van der Waals surface area contributed by atoms with Crippen LogP contribution in [-0.4, -0.2) is 18.0 Å². The maximum absolute atomic E-state index is 6.15. The van der Waals surface area contributed by atoms with Crippen molar-refractivity contribution in [3.05, 3.63) is 34.9 Å². The van der Waals surface area contributed by atoms with Crippen LogP contribution in [0.5, 0.6) is 0 Å². The number of hydrogen-bond donors (Lipinski definition) is 0. The normalized spacial score (nSPS) is 13.2. The summed E-state index contributed by atoms with van der Waals surface area (Å²) in [5.74, 6) is 0. The monoisotopic (exact) mass is 211 g/mol. The highest BCUT2D eigenvalue weighted by Crippen LogP contribution is 2.26. The minimum absolute atomic E-state index is 0.402. The van der Waals surface area contributed by atoms with Crippen LogP contribution in [0, 0.1) is 0 Å². The van der Waals surface area contributed by atoms with Gasteiger partial charge >= 0.3 is 0 Å². The Morgan fingerprint density at radius 2 is 1.79 bits per heavy atom. The van der Waals surface area contributed by atoms with E-state index < -0.39 is 0 Å². The maximum atomic E-state index is 6.15. The Hall–Kier alpha value is -0.530. The molecule has 0 spiro atoms. The molecule has 78 valence electrons. The van der Waals surface area contributed by atoms with Gasteiger partial charge in [-0.25, -0.2) is 0 Å². The Morgan fingerprint density at radius 1 is 1.21 bits per heavy atom. The summed E-state index contributed by atoms with van der Waals surface area (Å²) >= 11 is 6.15. The van der Waals surface area contributed by atoms with Crippen molar-refractivity contribution < 1.29 is 0 Å². The highest BCUT2D eigenvalue weighted by Gasteiger charge is 2.14. The Morgan fingerprint density at radius 3 is 2.29 bits per heavy atom. The van der Waals surface area contributed by atoms with Gasteiger partial charge in [-0.15, -0.1) is 0 Å². The summed E-state index contributed by atoms with van der Waals surface area (Å²) < 4.78 is 0. The van der Waals surface area contributed by atoms with E-state index in [-0.39, 0.29) is 0 Å². The van der Waals surface area contributed by atoms with Crippen LogP contribution in [0.3, 0.4) is 0 Å². The Labute approximate surface area is 91.7 Å². The summed E-state index contributed by atoms with van der Waals surface area (Å²) in [5, 5.41) is 0.868. The molecule has 0 aliphatic heterocycles. The van der Waals surface area contributed by atoms with Crippen LogP contribution >= 0.6 is 11.6 Å². The molecule has 1 unspecified atom stereocenters. The molecule has 0 aromatic heterocycles. The average Bonchev–Trinajstić information content (AvgIpc) is 2.20. The van der Waals surface area contributed by atoms with Gasteiger partial charge < -0.3 is 0 Å². The van der Waals surface area contributed by atoms with Crippen molar-refractivity contribution in [3.63, 3.8) is 0 Å². The van der Waals surface area contributed by atoms with Crippen molar-refractivity contribution >= 4 is 11.6 Å². The molecule has 14 heavy (non-hydrogen) atoms. The first-order valence-electron chi connectivity index (χ1n) is 5.19. The molecule has 0 saturated carbocycles. The van der Waals surface area contributed by atoms with E-state index in [1.165, 1.54) is 5.56 Å². The molecule has 0 heterocycles. The van der Waals surface area contributed by atoms with Gasteiger partial charge in [-0.05, 0) is 31.6 Å². The molecule has 2 heteroatoms. The summed E-state index contributed by atoms with van der Waals surface area (Å²) in [6.45, 7) is 8.67. The van der Waals surface area contributed by atoms with Crippen LogP contribution in [0.2, 0.25) is 5.02 Å². The summed E-state index contributed by atoms with van der Waals surface area (Å²) in [4.78, 5) is 2.39. The smallest absolute Gasteiger partial charge is 0.0453 e. The lowest BCUT2D eigenvalue weighted by Gasteiger charge is -2.27. The van der Waals surface area contributed by atoms with Crippen LogP contribution in [-0.2, 0) is 0 Å². The molecule has 1 aromatic rings. The number of benzene rings is 1. The van der Waals surface area contributed by atoms with Crippen LogP contribution < -0.4 is 0 Å². The largest absolute Gasteiger partial charge is 0.297 e. The zero-order chi connectivity index (χ0) is 10.6. The van der Waals surface area contributed by atoms with E-state index in [1.807, 2.05) is 18.2 Å². The first-order valence-corrected chi connectivity index (χ1v) is 5.57. The molecule has 0 aliphatic carbocycles. The van der Waals surface area contributed by atoms with E-state index in [2.05, 4.69) is 31.7 Å². The zero-order valence-electron chi connectivity index (χ0n) is 9.13. The lowest BCUT2D eigenvalue weighted by molar-refractivity contribution is 0.234. The van der Waals surface area contributed by atoms with Crippen LogP contribution in [0.15, 0.2) is 24.3 Å². The molecule has 0 radical (unpaired) electrons. The van der Waals surface area contributed by atoms with Gasteiger partial charge in [-0.3, -0.25) is 4.90 Å². The van der Waals surface area contributed by atoms with Gasteiger partial charge in [0, 0.05) is 11.1 Å². The third-order valence-electron chi connectivity index (χ3n) is 2.72. The lowest BCUT2D eigenvalue weighted by atomic mass is 10.1. The Bertz CT molecular complexity index is 281. The molecular formula is C12H18ClN. The highest BCUT2D eigenvalue weighted by atomic mass is 35.5. The molecule has 0 bridgehead atoms. The summed E-state index contributed by atoms with van der Waals surface area (Å²) in [6, 6.07) is 8.48. The number of halogens is 1. The van der Waals surface area contributed by atoms with Crippen molar-refractivity contribution in [3.8, 4) is 0 Å². The summed E-state index contributed by atoms with van der Waals surface area (Å²) in [7, 11) is 0. The van der Waals surface area contributed by atoms with Gasteiger partial charge in [0.05, 0.1) is 0 Å². The molecule has 0 aliphatic rings. The van der Waals surface area contributed by atoms with Crippen LogP contribution in [0.4, 0.5) is 0 Å². The standard InChI is InChI=1S/C12H18ClN/c1-4-14(5-2)10(3)11-8-6-7-9-12(11)13/h6-10H,4-5H2,1-3H3. The third kappa shape index (κ3) is 2.49. The van der Waals surface area contributed by atoms with E-state index in [4.69, 9.17) is 11.6 Å². The molecule has 1 nitrogen and oxygen atoms in total. The summed E-state index contributed by atoms with van der Waals surface area (Å²) in [5.41, 5.74) is 1.22. The lowest BCUT2D eigenvalue weighted by Crippen LogP contribution is -2.26. The van der Waals surface area contributed by atoms with Gasteiger partial charge in [0.1, 0.15) is 0 Å². The molecule has 0 fully saturated rings. The van der Waals surface area contributed by atoms with Crippen molar-refractivity contribution in [1.29, 1.82) is 0 Å². The fraction of sp³-hybridized carbons (Fsp3) is 0.500. The van der Waals surface area contributed by atoms with Crippen molar-refractivity contribution in [2.75, 3.05) is 13.1 Å². The second kappa shape index (κ2) is 5.38. The predicted molar refractivity (Wildman–Crippen MR) is 62.8 cm³/mol. The topological polar surface area (TPSA) is 3.24 Å². The zero-order valence-corrected chi connectivity index (χ0v) is 9.88. The second-order valence-electron chi connectivity index (χ2n) is 3.42. The fourth-order valence-electron chi connectivity index (χ4n) is 1.78. The van der Waals surface area contributed by atoms with Crippen molar-refractivity contribution in [2.24, 2.45) is 0 Å². The van der Waals surface area contributed by atoms with Crippen LogP contribution in [0.1, 0.15) is 32.4 Å². The third-order valence-corrected chi connectivity index (χ3v) is 3.06.